The fraction of sp³-hybridized carbons (Fsp3) is 0.684. The first-order valence-corrected chi connectivity index (χ1v) is 8.47. The highest BCUT2D eigenvalue weighted by Gasteiger charge is 2.31. The molecule has 0 spiro atoms. The number of rotatable bonds is 5. The predicted octanol–water partition coefficient (Wildman–Crippen LogP) is 5.16. The number of nitrogens with zero attached hydrogens (tertiary/aromatic N) is 1. The molecule has 1 N–H and O–H groups in total. The lowest BCUT2D eigenvalue weighted by Crippen LogP contribution is -2.33. The number of nitrogens with one attached hydrogen (secondary N) is 1. The Morgan fingerprint density at radius 2 is 1.71 bits per heavy atom. The first-order valence-electron chi connectivity index (χ1n) is 8.47. The van der Waals surface area contributed by atoms with Crippen LogP contribution in [0.4, 0.5) is 11.4 Å². The van der Waals surface area contributed by atoms with Crippen LogP contribution in [-0.2, 0) is 0 Å². The summed E-state index contributed by atoms with van der Waals surface area (Å²) in [5, 5.41) is 3.78. The largest absolute Gasteiger partial charge is 0.381 e. The Balaban J connectivity index is 1.95. The van der Waals surface area contributed by atoms with Gasteiger partial charge < -0.3 is 10.2 Å². The molecule has 0 aromatic heterocycles. The van der Waals surface area contributed by atoms with Gasteiger partial charge in [0.1, 0.15) is 0 Å². The highest BCUT2D eigenvalue weighted by Crippen LogP contribution is 2.41. The molecule has 2 rings (SSSR count). The summed E-state index contributed by atoms with van der Waals surface area (Å²) >= 11 is 0. The summed E-state index contributed by atoms with van der Waals surface area (Å²) in [5.41, 5.74) is 3.07. The van der Waals surface area contributed by atoms with Gasteiger partial charge in [0.05, 0.1) is 11.4 Å². The zero-order valence-electron chi connectivity index (χ0n) is 14.4. The van der Waals surface area contributed by atoms with E-state index in [2.05, 4.69) is 69.3 Å². The van der Waals surface area contributed by atoms with Gasteiger partial charge in [-0.3, -0.25) is 0 Å². The Hall–Kier alpha value is -1.18. The smallest absolute Gasteiger partial charge is 0.0596 e. The van der Waals surface area contributed by atoms with Crippen LogP contribution in [0.5, 0.6) is 0 Å². The van der Waals surface area contributed by atoms with E-state index in [9.17, 15) is 0 Å². The van der Waals surface area contributed by atoms with Crippen molar-refractivity contribution in [1.29, 1.82) is 0 Å². The SMILES string of the molecule is CCC(C)(C)C1CCC(Nc2ccccc2N(C)C)CC1. The Bertz CT molecular complexity index is 443. The minimum absolute atomic E-state index is 0.506. The van der Waals surface area contributed by atoms with E-state index in [1.165, 1.54) is 43.5 Å². The number of anilines is 2. The molecule has 1 aromatic rings. The molecule has 21 heavy (non-hydrogen) atoms. The molecule has 0 saturated heterocycles. The average Bonchev–Trinajstić information content (AvgIpc) is 2.48. The van der Waals surface area contributed by atoms with Crippen molar-refractivity contribution in [3.8, 4) is 0 Å². The monoisotopic (exact) mass is 288 g/mol. The maximum Gasteiger partial charge on any atom is 0.0596 e. The highest BCUT2D eigenvalue weighted by molar-refractivity contribution is 5.69. The Morgan fingerprint density at radius 1 is 1.10 bits per heavy atom. The molecule has 1 aromatic carbocycles. The first-order chi connectivity index (χ1) is 9.94. The third-order valence-corrected chi connectivity index (χ3v) is 5.49. The molecule has 118 valence electrons. The van der Waals surface area contributed by atoms with Gasteiger partial charge >= 0.3 is 0 Å². The Labute approximate surface area is 130 Å². The van der Waals surface area contributed by atoms with Crippen LogP contribution >= 0.6 is 0 Å². The Morgan fingerprint density at radius 3 is 2.29 bits per heavy atom. The molecule has 1 aliphatic carbocycles. The zero-order valence-corrected chi connectivity index (χ0v) is 14.4. The van der Waals surface area contributed by atoms with Crippen LogP contribution in [-0.4, -0.2) is 20.1 Å². The summed E-state index contributed by atoms with van der Waals surface area (Å²) < 4.78 is 0. The fourth-order valence-electron chi connectivity index (χ4n) is 3.51. The van der Waals surface area contributed by atoms with Gasteiger partial charge in [-0.25, -0.2) is 0 Å². The molecule has 2 heteroatoms. The normalized spacial score (nSPS) is 22.9. The van der Waals surface area contributed by atoms with Gasteiger partial charge in [-0.15, -0.1) is 0 Å². The van der Waals surface area contributed by atoms with E-state index in [1.807, 2.05) is 0 Å². The van der Waals surface area contributed by atoms with Gasteiger partial charge in [-0.1, -0.05) is 39.3 Å². The minimum atomic E-state index is 0.506. The van der Waals surface area contributed by atoms with Crippen molar-refractivity contribution in [2.45, 2.75) is 58.9 Å². The topological polar surface area (TPSA) is 15.3 Å². The summed E-state index contributed by atoms with van der Waals surface area (Å²) in [6.45, 7) is 7.21. The minimum Gasteiger partial charge on any atom is -0.381 e. The average molecular weight is 288 g/mol. The van der Waals surface area contributed by atoms with Crippen LogP contribution in [0.3, 0.4) is 0 Å². The fourth-order valence-corrected chi connectivity index (χ4v) is 3.51. The summed E-state index contributed by atoms with van der Waals surface area (Å²) in [6.07, 6.45) is 6.62. The van der Waals surface area contributed by atoms with Crippen LogP contribution in [0.2, 0.25) is 0 Å². The molecule has 0 amide bonds. The lowest BCUT2D eigenvalue weighted by molar-refractivity contribution is 0.147. The van der Waals surface area contributed by atoms with Crippen molar-refractivity contribution < 1.29 is 0 Å². The number of hydrogen-bond acceptors (Lipinski definition) is 2. The number of hydrogen-bond donors (Lipinski definition) is 1. The second-order valence-corrected chi connectivity index (χ2v) is 7.45. The predicted molar refractivity (Wildman–Crippen MR) is 94.2 cm³/mol. The van der Waals surface area contributed by atoms with E-state index < -0.39 is 0 Å². The third-order valence-electron chi connectivity index (χ3n) is 5.49. The van der Waals surface area contributed by atoms with Crippen molar-refractivity contribution in [2.75, 3.05) is 24.3 Å². The van der Waals surface area contributed by atoms with E-state index in [0.29, 0.717) is 11.5 Å². The van der Waals surface area contributed by atoms with Crippen LogP contribution in [0.1, 0.15) is 52.9 Å². The quantitative estimate of drug-likeness (QED) is 0.805. The second-order valence-electron chi connectivity index (χ2n) is 7.45. The summed E-state index contributed by atoms with van der Waals surface area (Å²) in [5.74, 6) is 0.893. The van der Waals surface area contributed by atoms with E-state index in [4.69, 9.17) is 0 Å². The molecule has 2 nitrogen and oxygen atoms in total. The highest BCUT2D eigenvalue weighted by atomic mass is 15.1. The van der Waals surface area contributed by atoms with Gasteiger partial charge in [-0.05, 0) is 49.1 Å². The van der Waals surface area contributed by atoms with Crippen LogP contribution < -0.4 is 10.2 Å². The van der Waals surface area contributed by atoms with E-state index >= 15 is 0 Å². The van der Waals surface area contributed by atoms with Crippen molar-refractivity contribution in [1.82, 2.24) is 0 Å². The molecule has 0 radical (unpaired) electrons. The van der Waals surface area contributed by atoms with Gasteiger partial charge in [0, 0.05) is 20.1 Å². The number of para-hydroxylation sites is 2. The third kappa shape index (κ3) is 3.93. The van der Waals surface area contributed by atoms with Crippen LogP contribution in [0, 0.1) is 11.3 Å². The van der Waals surface area contributed by atoms with Crippen molar-refractivity contribution in [3.05, 3.63) is 24.3 Å². The molecular weight excluding hydrogens is 256 g/mol. The summed E-state index contributed by atoms with van der Waals surface area (Å²) in [7, 11) is 4.22. The first kappa shape index (κ1) is 16.2. The zero-order chi connectivity index (χ0) is 15.5. The molecule has 1 fully saturated rings. The van der Waals surface area contributed by atoms with Crippen molar-refractivity contribution >= 4 is 11.4 Å². The van der Waals surface area contributed by atoms with Gasteiger partial charge in [0.2, 0.25) is 0 Å². The summed E-state index contributed by atoms with van der Waals surface area (Å²) in [6, 6.07) is 9.27. The van der Waals surface area contributed by atoms with Crippen molar-refractivity contribution in [2.24, 2.45) is 11.3 Å². The van der Waals surface area contributed by atoms with E-state index in [1.54, 1.807) is 0 Å². The molecule has 1 aliphatic rings. The molecule has 0 bridgehead atoms. The van der Waals surface area contributed by atoms with Gasteiger partial charge in [0.25, 0.3) is 0 Å². The molecule has 0 atom stereocenters. The molecule has 1 saturated carbocycles. The van der Waals surface area contributed by atoms with E-state index in [0.717, 1.165) is 5.92 Å². The van der Waals surface area contributed by atoms with Gasteiger partial charge in [0.15, 0.2) is 0 Å². The molecule has 0 aliphatic heterocycles. The second kappa shape index (κ2) is 6.72. The number of benzene rings is 1. The molecular formula is C19H32N2. The lowest BCUT2D eigenvalue weighted by Gasteiger charge is -2.39. The van der Waals surface area contributed by atoms with Crippen LogP contribution in [0.25, 0.3) is 0 Å². The maximum atomic E-state index is 3.78. The Kier molecular flexibility index (Phi) is 5.18. The van der Waals surface area contributed by atoms with Crippen LogP contribution in [0.15, 0.2) is 24.3 Å². The van der Waals surface area contributed by atoms with Gasteiger partial charge in [-0.2, -0.15) is 0 Å². The van der Waals surface area contributed by atoms with E-state index in [-0.39, 0.29) is 0 Å². The maximum absolute atomic E-state index is 3.78. The lowest BCUT2D eigenvalue weighted by atomic mass is 9.69. The standard InChI is InChI=1S/C19H32N2/c1-6-19(2,3)15-11-13-16(14-12-15)20-17-9-7-8-10-18(17)21(4)5/h7-10,15-16,20H,6,11-14H2,1-5H3. The summed E-state index contributed by atoms with van der Waals surface area (Å²) in [4.78, 5) is 2.19. The van der Waals surface area contributed by atoms with Crippen molar-refractivity contribution in [3.63, 3.8) is 0 Å². The molecule has 0 unspecified atom stereocenters. The molecule has 0 heterocycles.